The Morgan fingerprint density at radius 2 is 2.00 bits per heavy atom. The Morgan fingerprint density at radius 3 is 2.53 bits per heavy atom. The number of hydrogen-bond donors (Lipinski definition) is 3. The molecule has 0 aliphatic carbocycles. The number of nitrogens with one attached hydrogen (secondary N) is 1. The molecule has 0 saturated heterocycles. The molecule has 0 radical (unpaired) electrons. The van der Waals surface area contributed by atoms with E-state index in [4.69, 9.17) is 10.8 Å². The van der Waals surface area contributed by atoms with Gasteiger partial charge in [0.05, 0.1) is 6.42 Å². The summed E-state index contributed by atoms with van der Waals surface area (Å²) in [6, 6.07) is -0.301. The van der Waals surface area contributed by atoms with Crippen LogP contribution >= 0.6 is 0 Å². The first kappa shape index (κ1) is 13.9. The molecule has 0 aromatic carbocycles. The molecule has 0 fully saturated rings. The Kier molecular flexibility index (Phi) is 7.62. The van der Waals surface area contributed by atoms with Gasteiger partial charge in [0.1, 0.15) is 0 Å². The third kappa shape index (κ3) is 9.21. The fourth-order valence-corrected chi connectivity index (χ4v) is 1.27. The van der Waals surface area contributed by atoms with Crippen molar-refractivity contribution in [3.05, 3.63) is 0 Å². The molecule has 15 heavy (non-hydrogen) atoms. The van der Waals surface area contributed by atoms with Gasteiger partial charge in [-0.05, 0) is 26.3 Å². The second-order valence-corrected chi connectivity index (χ2v) is 3.67. The molecule has 1 unspecified atom stereocenters. The summed E-state index contributed by atoms with van der Waals surface area (Å²) in [7, 11) is 0. The first-order valence-electron chi connectivity index (χ1n) is 5.27. The van der Waals surface area contributed by atoms with Crippen molar-refractivity contribution in [1.29, 1.82) is 0 Å². The number of hydrogen-bond acceptors (Lipinski definition) is 3. The number of aliphatic carboxylic acids is 1. The maximum atomic E-state index is 11.3. The highest BCUT2D eigenvalue weighted by atomic mass is 16.4. The number of nitrogens with two attached hydrogens (primary N) is 1. The monoisotopic (exact) mass is 216 g/mol. The van der Waals surface area contributed by atoms with E-state index in [2.05, 4.69) is 5.32 Å². The molecule has 0 bridgehead atoms. The van der Waals surface area contributed by atoms with Gasteiger partial charge in [0.2, 0.25) is 5.91 Å². The number of rotatable bonds is 8. The number of carbonyl (C=O) groups excluding carboxylic acids is 1. The van der Waals surface area contributed by atoms with E-state index in [0.717, 1.165) is 19.3 Å². The lowest BCUT2D eigenvalue weighted by Gasteiger charge is -2.11. The molecule has 0 aliphatic heterocycles. The minimum atomic E-state index is -0.897. The van der Waals surface area contributed by atoms with Gasteiger partial charge in [0, 0.05) is 12.5 Å². The molecule has 0 aliphatic rings. The largest absolute Gasteiger partial charge is 0.481 e. The van der Waals surface area contributed by atoms with Gasteiger partial charge in [-0.1, -0.05) is 6.42 Å². The maximum absolute atomic E-state index is 11.3. The standard InChI is InChI=1S/C10H20N2O3/c1-8(7-10(14)15)12-9(13)5-3-2-4-6-11/h8H,2-7,11H2,1H3,(H,12,13)(H,14,15). The zero-order valence-corrected chi connectivity index (χ0v) is 9.16. The smallest absolute Gasteiger partial charge is 0.305 e. The number of carboxylic acid groups (broad SMARTS) is 1. The molecule has 0 aromatic heterocycles. The molecule has 1 amide bonds. The number of carbonyl (C=O) groups is 2. The van der Waals surface area contributed by atoms with Crippen LogP contribution in [0.2, 0.25) is 0 Å². The van der Waals surface area contributed by atoms with E-state index in [1.165, 1.54) is 0 Å². The van der Waals surface area contributed by atoms with Crippen LogP contribution in [0.4, 0.5) is 0 Å². The summed E-state index contributed by atoms with van der Waals surface area (Å²) in [4.78, 5) is 21.6. The van der Waals surface area contributed by atoms with Crippen molar-refractivity contribution >= 4 is 11.9 Å². The van der Waals surface area contributed by atoms with E-state index in [0.29, 0.717) is 13.0 Å². The lowest BCUT2D eigenvalue weighted by Crippen LogP contribution is -2.33. The molecule has 0 spiro atoms. The summed E-state index contributed by atoms with van der Waals surface area (Å²) in [6.07, 6.45) is 3.09. The van der Waals surface area contributed by atoms with Gasteiger partial charge >= 0.3 is 5.97 Å². The Bertz CT molecular complexity index is 207. The third-order valence-electron chi connectivity index (χ3n) is 2.00. The second-order valence-electron chi connectivity index (χ2n) is 3.67. The zero-order chi connectivity index (χ0) is 11.7. The molecular formula is C10H20N2O3. The van der Waals surface area contributed by atoms with Crippen molar-refractivity contribution in [2.75, 3.05) is 6.54 Å². The van der Waals surface area contributed by atoms with Gasteiger partial charge in [0.15, 0.2) is 0 Å². The fraction of sp³-hybridized carbons (Fsp3) is 0.800. The first-order chi connectivity index (χ1) is 7.06. The minimum Gasteiger partial charge on any atom is -0.481 e. The SMILES string of the molecule is CC(CC(=O)O)NC(=O)CCCCCN. The zero-order valence-electron chi connectivity index (χ0n) is 9.16. The van der Waals surface area contributed by atoms with E-state index in [9.17, 15) is 9.59 Å². The summed E-state index contributed by atoms with van der Waals surface area (Å²) >= 11 is 0. The lowest BCUT2D eigenvalue weighted by atomic mass is 10.1. The van der Waals surface area contributed by atoms with E-state index in [1.807, 2.05) is 0 Å². The highest BCUT2D eigenvalue weighted by Crippen LogP contribution is 1.99. The van der Waals surface area contributed by atoms with Crippen LogP contribution in [-0.2, 0) is 9.59 Å². The van der Waals surface area contributed by atoms with Crippen LogP contribution in [-0.4, -0.2) is 29.6 Å². The summed E-state index contributed by atoms with van der Waals surface area (Å²) in [6.45, 7) is 2.34. The molecule has 0 rings (SSSR count). The number of carboxylic acids is 1. The van der Waals surface area contributed by atoms with Gasteiger partial charge in [-0.3, -0.25) is 9.59 Å². The average Bonchev–Trinajstić information content (AvgIpc) is 2.10. The predicted octanol–water partition coefficient (Wildman–Crippen LogP) is 0.485. The third-order valence-corrected chi connectivity index (χ3v) is 2.00. The van der Waals surface area contributed by atoms with Gasteiger partial charge in [0.25, 0.3) is 0 Å². The first-order valence-corrected chi connectivity index (χ1v) is 5.27. The van der Waals surface area contributed by atoms with Crippen LogP contribution in [0.15, 0.2) is 0 Å². The van der Waals surface area contributed by atoms with Crippen LogP contribution in [0.1, 0.15) is 39.0 Å². The Hall–Kier alpha value is -1.10. The van der Waals surface area contributed by atoms with Gasteiger partial charge < -0.3 is 16.2 Å². The maximum Gasteiger partial charge on any atom is 0.305 e. The van der Waals surface area contributed by atoms with Crippen molar-refractivity contribution in [2.45, 2.75) is 45.1 Å². The Balaban J connectivity index is 3.51. The fourth-order valence-electron chi connectivity index (χ4n) is 1.27. The van der Waals surface area contributed by atoms with E-state index < -0.39 is 5.97 Å². The highest BCUT2D eigenvalue weighted by molar-refractivity contribution is 5.77. The van der Waals surface area contributed by atoms with Crippen molar-refractivity contribution in [2.24, 2.45) is 5.73 Å². The van der Waals surface area contributed by atoms with E-state index in [1.54, 1.807) is 6.92 Å². The summed E-state index contributed by atoms with van der Waals surface area (Å²) in [5, 5.41) is 11.1. The van der Waals surface area contributed by atoms with Crippen molar-refractivity contribution in [3.8, 4) is 0 Å². The van der Waals surface area contributed by atoms with Crippen LogP contribution in [0, 0.1) is 0 Å². The molecule has 88 valence electrons. The van der Waals surface area contributed by atoms with E-state index in [-0.39, 0.29) is 18.4 Å². The molecule has 5 nitrogen and oxygen atoms in total. The molecule has 5 heteroatoms. The molecule has 0 aromatic rings. The summed E-state index contributed by atoms with van der Waals surface area (Å²) in [5.74, 6) is -0.980. The van der Waals surface area contributed by atoms with E-state index >= 15 is 0 Å². The van der Waals surface area contributed by atoms with Gasteiger partial charge in [-0.15, -0.1) is 0 Å². The Labute approximate surface area is 90.0 Å². The molecule has 0 heterocycles. The van der Waals surface area contributed by atoms with Crippen molar-refractivity contribution in [3.63, 3.8) is 0 Å². The summed E-state index contributed by atoms with van der Waals surface area (Å²) < 4.78 is 0. The van der Waals surface area contributed by atoms with Gasteiger partial charge in [-0.2, -0.15) is 0 Å². The molecular weight excluding hydrogens is 196 g/mol. The number of amides is 1. The quantitative estimate of drug-likeness (QED) is 0.515. The molecule has 1 atom stereocenters. The number of unbranched alkanes of at least 4 members (excludes halogenated alkanes) is 2. The second kappa shape index (κ2) is 8.23. The molecule has 0 saturated carbocycles. The summed E-state index contributed by atoms with van der Waals surface area (Å²) in [5.41, 5.74) is 5.32. The van der Waals surface area contributed by atoms with Crippen molar-refractivity contribution < 1.29 is 14.7 Å². The lowest BCUT2D eigenvalue weighted by molar-refractivity contribution is -0.137. The van der Waals surface area contributed by atoms with Gasteiger partial charge in [-0.25, -0.2) is 0 Å². The molecule has 4 N–H and O–H groups in total. The van der Waals surface area contributed by atoms with Crippen LogP contribution in [0.5, 0.6) is 0 Å². The normalized spacial score (nSPS) is 12.1. The highest BCUT2D eigenvalue weighted by Gasteiger charge is 2.10. The average molecular weight is 216 g/mol. The van der Waals surface area contributed by atoms with Crippen LogP contribution in [0.25, 0.3) is 0 Å². The predicted molar refractivity (Wildman–Crippen MR) is 57.4 cm³/mol. The van der Waals surface area contributed by atoms with Crippen molar-refractivity contribution in [1.82, 2.24) is 5.32 Å². The van der Waals surface area contributed by atoms with Crippen LogP contribution < -0.4 is 11.1 Å². The van der Waals surface area contributed by atoms with Crippen LogP contribution in [0.3, 0.4) is 0 Å². The Morgan fingerprint density at radius 1 is 1.33 bits per heavy atom. The minimum absolute atomic E-state index is 0.0332. The topological polar surface area (TPSA) is 92.4 Å².